The van der Waals surface area contributed by atoms with Gasteiger partial charge in [-0.15, -0.1) is 0 Å². The van der Waals surface area contributed by atoms with Gasteiger partial charge >= 0.3 is 0 Å². The van der Waals surface area contributed by atoms with Crippen LogP contribution in [0.4, 0.5) is 0 Å². The molecule has 0 aliphatic carbocycles. The van der Waals surface area contributed by atoms with Crippen molar-refractivity contribution in [2.24, 2.45) is 5.92 Å². The van der Waals surface area contributed by atoms with E-state index < -0.39 is 24.5 Å². The number of ether oxygens (including phenoxy) is 1. The first kappa shape index (κ1) is 18.9. The molecule has 2 aromatic heterocycles. The zero-order valence-corrected chi connectivity index (χ0v) is 15.8. The molecule has 0 amide bonds. The molecule has 8 nitrogen and oxygen atoms in total. The maximum Gasteiger partial charge on any atom is 0.166 e. The van der Waals surface area contributed by atoms with E-state index in [9.17, 15) is 15.3 Å². The lowest BCUT2D eigenvalue weighted by Gasteiger charge is -2.16. The molecule has 8 heteroatoms. The topological polar surface area (TPSA) is 114 Å². The number of aliphatic hydroxyl groups is 3. The van der Waals surface area contributed by atoms with Crippen LogP contribution >= 0.6 is 0 Å². The minimum absolute atomic E-state index is 0.385. The van der Waals surface area contributed by atoms with Crippen molar-refractivity contribution in [2.45, 2.75) is 44.8 Å². The highest BCUT2D eigenvalue weighted by molar-refractivity contribution is 5.87. The number of fused-ring (bicyclic) bond motifs is 1. The van der Waals surface area contributed by atoms with E-state index >= 15 is 0 Å². The van der Waals surface area contributed by atoms with Crippen molar-refractivity contribution < 1.29 is 20.1 Å². The smallest absolute Gasteiger partial charge is 0.166 e. The third-order valence-corrected chi connectivity index (χ3v) is 5.02. The van der Waals surface area contributed by atoms with Gasteiger partial charge < -0.3 is 20.1 Å². The molecule has 0 unspecified atom stereocenters. The highest BCUT2D eigenvalue weighted by Gasteiger charge is 2.44. The van der Waals surface area contributed by atoms with Gasteiger partial charge in [-0.2, -0.15) is 0 Å². The van der Waals surface area contributed by atoms with Crippen molar-refractivity contribution in [2.75, 3.05) is 6.61 Å². The van der Waals surface area contributed by atoms with Crippen molar-refractivity contribution >= 4 is 11.2 Å². The molecular formula is C20H24N4O4. The normalized spacial score (nSPS) is 25.1. The maximum atomic E-state index is 10.3. The summed E-state index contributed by atoms with van der Waals surface area (Å²) >= 11 is 0. The molecule has 1 saturated heterocycles. The molecule has 28 heavy (non-hydrogen) atoms. The second-order valence-corrected chi connectivity index (χ2v) is 7.57. The molecule has 148 valence electrons. The summed E-state index contributed by atoms with van der Waals surface area (Å²) < 4.78 is 7.17. The number of rotatable bonds is 5. The molecule has 0 radical (unpaired) electrons. The molecular weight excluding hydrogens is 360 g/mol. The Morgan fingerprint density at radius 1 is 1.07 bits per heavy atom. The number of nitrogens with zero attached hydrogens (tertiary/aromatic N) is 4. The molecule has 3 aromatic rings. The fourth-order valence-electron chi connectivity index (χ4n) is 3.63. The average Bonchev–Trinajstić information content (AvgIpc) is 3.23. The summed E-state index contributed by atoms with van der Waals surface area (Å²) in [6.07, 6.45) is -0.138. The molecule has 1 fully saturated rings. The van der Waals surface area contributed by atoms with Gasteiger partial charge in [-0.05, 0) is 17.9 Å². The molecule has 1 aliphatic heterocycles. The lowest BCUT2D eigenvalue weighted by Crippen LogP contribution is -2.33. The predicted molar refractivity (Wildman–Crippen MR) is 102 cm³/mol. The predicted octanol–water partition coefficient (Wildman–Crippen LogP) is 1.30. The van der Waals surface area contributed by atoms with E-state index in [1.165, 1.54) is 18.2 Å². The Kier molecular flexibility index (Phi) is 5.11. The Bertz CT molecular complexity index is 956. The summed E-state index contributed by atoms with van der Waals surface area (Å²) in [7, 11) is 0. The first-order valence-electron chi connectivity index (χ1n) is 9.39. The monoisotopic (exact) mass is 384 g/mol. The lowest BCUT2D eigenvalue weighted by atomic mass is 10.0. The molecule has 0 spiro atoms. The number of aliphatic hydroxyl groups excluding tert-OH is 3. The van der Waals surface area contributed by atoms with Crippen molar-refractivity contribution in [1.29, 1.82) is 0 Å². The Labute approximate surface area is 162 Å². The van der Waals surface area contributed by atoms with E-state index in [1.54, 1.807) is 4.57 Å². The number of aromatic nitrogens is 4. The third kappa shape index (κ3) is 3.29. The molecule has 3 heterocycles. The van der Waals surface area contributed by atoms with Gasteiger partial charge in [0.15, 0.2) is 11.9 Å². The summed E-state index contributed by atoms with van der Waals surface area (Å²) in [4.78, 5) is 13.1. The standard InChI is InChI=1S/C20H24N4O4/c1-11(2)7-12-3-5-13(6-4-12)15-16-19(22-9-21-15)24(10-23-16)20-18(27)17(26)14(8-25)28-20/h3-6,9-11,14,17-18,20,25-27H,7-8H2,1-2H3/t14-,17-,18-,20-/m1/s1. The molecule has 0 bridgehead atoms. The van der Waals surface area contributed by atoms with Crippen LogP contribution in [0, 0.1) is 5.92 Å². The van der Waals surface area contributed by atoms with Crippen LogP contribution in [-0.4, -0.2) is 59.8 Å². The summed E-state index contributed by atoms with van der Waals surface area (Å²) in [5.74, 6) is 0.586. The van der Waals surface area contributed by atoms with Gasteiger partial charge in [-0.1, -0.05) is 38.1 Å². The van der Waals surface area contributed by atoms with E-state index in [2.05, 4.69) is 40.9 Å². The van der Waals surface area contributed by atoms with Crippen LogP contribution in [-0.2, 0) is 11.2 Å². The Morgan fingerprint density at radius 3 is 2.46 bits per heavy atom. The summed E-state index contributed by atoms with van der Waals surface area (Å²) in [5.41, 5.74) is 3.95. The first-order valence-corrected chi connectivity index (χ1v) is 9.39. The highest BCUT2D eigenvalue weighted by Crippen LogP contribution is 2.33. The van der Waals surface area contributed by atoms with Crippen LogP contribution < -0.4 is 0 Å². The molecule has 3 N–H and O–H groups in total. The summed E-state index contributed by atoms with van der Waals surface area (Å²) in [5, 5.41) is 29.6. The average molecular weight is 384 g/mol. The summed E-state index contributed by atoms with van der Waals surface area (Å²) in [6, 6.07) is 8.22. The minimum Gasteiger partial charge on any atom is -0.394 e. The van der Waals surface area contributed by atoms with Crippen LogP contribution in [0.1, 0.15) is 25.6 Å². The fraction of sp³-hybridized carbons (Fsp3) is 0.450. The van der Waals surface area contributed by atoms with E-state index in [0.717, 1.165) is 12.0 Å². The van der Waals surface area contributed by atoms with Crippen molar-refractivity contribution in [1.82, 2.24) is 19.5 Å². The zero-order chi connectivity index (χ0) is 19.8. The van der Waals surface area contributed by atoms with Gasteiger partial charge in [0.25, 0.3) is 0 Å². The zero-order valence-electron chi connectivity index (χ0n) is 15.8. The van der Waals surface area contributed by atoms with Crippen LogP contribution in [0.25, 0.3) is 22.4 Å². The largest absolute Gasteiger partial charge is 0.394 e. The highest BCUT2D eigenvalue weighted by atomic mass is 16.6. The van der Waals surface area contributed by atoms with E-state index in [0.29, 0.717) is 22.8 Å². The number of imidazole rings is 1. The molecule has 1 aliphatic rings. The number of hydrogen-bond donors (Lipinski definition) is 3. The Hall–Kier alpha value is -2.39. The molecule has 4 atom stereocenters. The second-order valence-electron chi connectivity index (χ2n) is 7.57. The molecule has 1 aromatic carbocycles. The number of hydrogen-bond acceptors (Lipinski definition) is 7. The van der Waals surface area contributed by atoms with Gasteiger partial charge in [0.2, 0.25) is 0 Å². The quantitative estimate of drug-likeness (QED) is 0.608. The first-order chi connectivity index (χ1) is 13.5. The maximum absolute atomic E-state index is 10.3. The lowest BCUT2D eigenvalue weighted by molar-refractivity contribution is -0.0511. The van der Waals surface area contributed by atoms with Crippen molar-refractivity contribution in [3.05, 3.63) is 42.5 Å². The Morgan fingerprint density at radius 2 is 1.82 bits per heavy atom. The van der Waals surface area contributed by atoms with Gasteiger partial charge in [-0.3, -0.25) is 4.57 Å². The van der Waals surface area contributed by atoms with E-state index in [1.807, 2.05) is 12.1 Å². The van der Waals surface area contributed by atoms with Crippen molar-refractivity contribution in [3.8, 4) is 11.3 Å². The second kappa shape index (κ2) is 7.56. The SMILES string of the molecule is CC(C)Cc1ccc(-c2ncnc3c2ncn3[C@@H]2O[C@H](CO)[C@@H](O)[C@H]2O)cc1. The Balaban J connectivity index is 1.70. The van der Waals surface area contributed by atoms with Crippen LogP contribution in [0.15, 0.2) is 36.9 Å². The van der Waals surface area contributed by atoms with Gasteiger partial charge in [0.1, 0.15) is 35.8 Å². The van der Waals surface area contributed by atoms with Gasteiger partial charge in [-0.25, -0.2) is 15.0 Å². The van der Waals surface area contributed by atoms with Crippen molar-refractivity contribution in [3.63, 3.8) is 0 Å². The van der Waals surface area contributed by atoms with Gasteiger partial charge in [0.05, 0.1) is 12.9 Å². The van der Waals surface area contributed by atoms with Gasteiger partial charge in [0, 0.05) is 5.56 Å². The fourth-order valence-corrected chi connectivity index (χ4v) is 3.63. The van der Waals surface area contributed by atoms with Crippen LogP contribution in [0.5, 0.6) is 0 Å². The van der Waals surface area contributed by atoms with E-state index in [-0.39, 0.29) is 6.61 Å². The molecule has 0 saturated carbocycles. The van der Waals surface area contributed by atoms with E-state index in [4.69, 9.17) is 4.74 Å². The minimum atomic E-state index is -1.19. The number of benzene rings is 1. The third-order valence-electron chi connectivity index (χ3n) is 5.02. The summed E-state index contributed by atoms with van der Waals surface area (Å²) in [6.45, 7) is 3.99. The molecule has 4 rings (SSSR count). The van der Waals surface area contributed by atoms with Crippen LogP contribution in [0.2, 0.25) is 0 Å². The van der Waals surface area contributed by atoms with Crippen LogP contribution in [0.3, 0.4) is 0 Å².